The summed E-state index contributed by atoms with van der Waals surface area (Å²) in [6.45, 7) is 8.95. The van der Waals surface area contributed by atoms with Gasteiger partial charge in [0, 0.05) is 25.9 Å². The fourth-order valence-electron chi connectivity index (χ4n) is 3.47. The normalized spacial score (nSPS) is 13.8. The van der Waals surface area contributed by atoms with Crippen molar-refractivity contribution in [2.75, 3.05) is 23.8 Å². The maximum Gasteiger partial charge on any atom is 0.415 e. The van der Waals surface area contributed by atoms with Crippen molar-refractivity contribution in [1.29, 1.82) is 0 Å². The Balaban J connectivity index is 1.71. The molecule has 0 aliphatic heterocycles. The van der Waals surface area contributed by atoms with Crippen LogP contribution < -0.4 is 20.3 Å². The molecular weight excluding hydrogens is 490 g/mol. The van der Waals surface area contributed by atoms with Gasteiger partial charge in [-0.25, -0.2) is 14.8 Å². The zero-order valence-electron chi connectivity index (χ0n) is 22.6. The molecule has 0 unspecified atom stereocenters. The van der Waals surface area contributed by atoms with Crippen molar-refractivity contribution in [2.45, 2.75) is 71.2 Å². The van der Waals surface area contributed by atoms with Gasteiger partial charge >= 0.3 is 6.09 Å². The molecular formula is C26H35N7O5. The summed E-state index contributed by atoms with van der Waals surface area (Å²) in [5.41, 5.74) is -0.591. The Hall–Kier alpha value is -3.93. The Morgan fingerprint density at radius 2 is 1.97 bits per heavy atom. The van der Waals surface area contributed by atoms with Crippen LogP contribution in [-0.2, 0) is 4.74 Å². The van der Waals surface area contributed by atoms with Gasteiger partial charge in [0.1, 0.15) is 34.6 Å². The number of ether oxygens (including phenoxy) is 2. The number of rotatable bonds is 9. The van der Waals surface area contributed by atoms with E-state index in [-0.39, 0.29) is 23.9 Å². The molecule has 3 aromatic heterocycles. The van der Waals surface area contributed by atoms with Gasteiger partial charge in [-0.3, -0.25) is 9.69 Å². The quantitative estimate of drug-likeness (QED) is 0.381. The SMILES string of the molecule is CN(C(=O)OC(C)(C)C)c1cc(Nc2cccnc2OC2CC2)nc2c(C(=O)NCCC(C)(C)O)cnn12. The molecule has 2 amide bonds. The lowest BCUT2D eigenvalue weighted by atomic mass is 10.1. The van der Waals surface area contributed by atoms with Crippen LogP contribution in [0.25, 0.3) is 5.65 Å². The zero-order valence-corrected chi connectivity index (χ0v) is 22.6. The maximum atomic E-state index is 13.0. The van der Waals surface area contributed by atoms with E-state index < -0.39 is 23.2 Å². The molecule has 12 heteroatoms. The Morgan fingerprint density at radius 1 is 1.24 bits per heavy atom. The third-order valence-corrected chi connectivity index (χ3v) is 5.57. The highest BCUT2D eigenvalue weighted by Crippen LogP contribution is 2.32. The summed E-state index contributed by atoms with van der Waals surface area (Å²) in [4.78, 5) is 36.2. The van der Waals surface area contributed by atoms with Gasteiger partial charge < -0.3 is 25.2 Å². The van der Waals surface area contributed by atoms with Crippen LogP contribution in [0.1, 0.15) is 64.2 Å². The summed E-state index contributed by atoms with van der Waals surface area (Å²) < 4.78 is 12.9. The summed E-state index contributed by atoms with van der Waals surface area (Å²) in [5, 5.41) is 20.3. The minimum absolute atomic E-state index is 0.142. The van der Waals surface area contributed by atoms with Gasteiger partial charge in [0.05, 0.1) is 11.8 Å². The summed E-state index contributed by atoms with van der Waals surface area (Å²) in [7, 11) is 1.56. The van der Waals surface area contributed by atoms with Gasteiger partial charge in [-0.2, -0.15) is 9.61 Å². The van der Waals surface area contributed by atoms with Crippen LogP contribution >= 0.6 is 0 Å². The van der Waals surface area contributed by atoms with Crippen LogP contribution in [0.2, 0.25) is 0 Å². The number of pyridine rings is 1. The molecule has 0 aromatic carbocycles. The molecule has 0 spiro atoms. The predicted molar refractivity (Wildman–Crippen MR) is 142 cm³/mol. The van der Waals surface area contributed by atoms with E-state index in [0.29, 0.717) is 29.6 Å². The molecule has 12 nitrogen and oxygen atoms in total. The van der Waals surface area contributed by atoms with E-state index in [9.17, 15) is 14.7 Å². The molecule has 38 heavy (non-hydrogen) atoms. The van der Waals surface area contributed by atoms with Crippen LogP contribution in [0.5, 0.6) is 5.88 Å². The Kier molecular flexibility index (Phi) is 7.45. The third kappa shape index (κ3) is 6.88. The van der Waals surface area contributed by atoms with Crippen molar-refractivity contribution >= 4 is 35.0 Å². The highest BCUT2D eigenvalue weighted by molar-refractivity contribution is 6.00. The van der Waals surface area contributed by atoms with Crippen molar-refractivity contribution in [3.05, 3.63) is 36.2 Å². The topological polar surface area (TPSA) is 143 Å². The van der Waals surface area contributed by atoms with E-state index in [1.807, 2.05) is 6.07 Å². The number of amides is 2. The van der Waals surface area contributed by atoms with E-state index in [1.54, 1.807) is 60.0 Å². The summed E-state index contributed by atoms with van der Waals surface area (Å²) >= 11 is 0. The van der Waals surface area contributed by atoms with Crippen LogP contribution in [0.4, 0.5) is 22.1 Å². The fraction of sp³-hybridized carbons (Fsp3) is 0.500. The van der Waals surface area contributed by atoms with Crippen LogP contribution in [-0.4, -0.2) is 67.6 Å². The van der Waals surface area contributed by atoms with Gasteiger partial charge in [0.25, 0.3) is 5.91 Å². The highest BCUT2D eigenvalue weighted by Gasteiger charge is 2.27. The molecule has 3 heterocycles. The second-order valence-electron chi connectivity index (χ2n) is 10.9. The minimum atomic E-state index is -0.920. The number of aromatic nitrogens is 4. The second kappa shape index (κ2) is 10.4. The number of nitrogens with one attached hydrogen (secondary N) is 2. The number of hydrogen-bond acceptors (Lipinski definition) is 9. The van der Waals surface area contributed by atoms with Crippen molar-refractivity contribution < 1.29 is 24.2 Å². The first-order valence-corrected chi connectivity index (χ1v) is 12.6. The van der Waals surface area contributed by atoms with Crippen molar-refractivity contribution in [3.63, 3.8) is 0 Å². The molecule has 204 valence electrons. The molecule has 0 atom stereocenters. The molecule has 1 aliphatic carbocycles. The zero-order chi connectivity index (χ0) is 27.7. The van der Waals surface area contributed by atoms with Crippen molar-refractivity contribution in [3.8, 4) is 5.88 Å². The monoisotopic (exact) mass is 525 g/mol. The first-order valence-electron chi connectivity index (χ1n) is 12.6. The summed E-state index contributed by atoms with van der Waals surface area (Å²) in [6, 6.07) is 5.22. The Bertz CT molecular complexity index is 1320. The van der Waals surface area contributed by atoms with E-state index in [0.717, 1.165) is 12.8 Å². The molecule has 1 aliphatic rings. The fourth-order valence-corrected chi connectivity index (χ4v) is 3.47. The van der Waals surface area contributed by atoms with Gasteiger partial charge in [0.2, 0.25) is 5.88 Å². The van der Waals surface area contributed by atoms with E-state index in [1.165, 1.54) is 15.6 Å². The Labute approximate surface area is 221 Å². The highest BCUT2D eigenvalue weighted by atomic mass is 16.6. The average molecular weight is 526 g/mol. The number of fused-ring (bicyclic) bond motifs is 1. The van der Waals surface area contributed by atoms with Crippen molar-refractivity contribution in [2.24, 2.45) is 0 Å². The van der Waals surface area contributed by atoms with Gasteiger partial charge in [0.15, 0.2) is 5.65 Å². The summed E-state index contributed by atoms with van der Waals surface area (Å²) in [6.07, 6.45) is 4.92. The lowest BCUT2D eigenvalue weighted by Crippen LogP contribution is -2.35. The van der Waals surface area contributed by atoms with E-state index >= 15 is 0 Å². The largest absolute Gasteiger partial charge is 0.473 e. The van der Waals surface area contributed by atoms with Crippen LogP contribution in [0.3, 0.4) is 0 Å². The minimum Gasteiger partial charge on any atom is -0.473 e. The van der Waals surface area contributed by atoms with E-state index in [2.05, 4.69) is 25.7 Å². The lowest BCUT2D eigenvalue weighted by molar-refractivity contribution is 0.0586. The number of aliphatic hydroxyl groups is 1. The molecule has 4 rings (SSSR count). The number of hydrogen-bond donors (Lipinski definition) is 3. The van der Waals surface area contributed by atoms with Crippen LogP contribution in [0, 0.1) is 0 Å². The maximum absolute atomic E-state index is 13.0. The second-order valence-corrected chi connectivity index (χ2v) is 10.9. The molecule has 0 bridgehead atoms. The molecule has 0 radical (unpaired) electrons. The van der Waals surface area contributed by atoms with Gasteiger partial charge in [-0.15, -0.1) is 0 Å². The molecule has 0 saturated heterocycles. The molecule has 1 fully saturated rings. The summed E-state index contributed by atoms with van der Waals surface area (Å²) in [5.74, 6) is 0.717. The first-order chi connectivity index (χ1) is 17.8. The van der Waals surface area contributed by atoms with Crippen LogP contribution in [0.15, 0.2) is 30.6 Å². The molecule has 1 saturated carbocycles. The van der Waals surface area contributed by atoms with Gasteiger partial charge in [-0.1, -0.05) is 0 Å². The lowest BCUT2D eigenvalue weighted by Gasteiger charge is -2.25. The smallest absolute Gasteiger partial charge is 0.415 e. The Morgan fingerprint density at radius 3 is 2.63 bits per heavy atom. The predicted octanol–water partition coefficient (Wildman–Crippen LogP) is 3.67. The van der Waals surface area contributed by atoms with Crippen molar-refractivity contribution in [1.82, 2.24) is 24.9 Å². The number of carbonyl (C=O) groups excluding carboxylic acids is 2. The average Bonchev–Trinajstić information content (AvgIpc) is 3.52. The van der Waals surface area contributed by atoms with E-state index in [4.69, 9.17) is 9.47 Å². The number of nitrogens with zero attached hydrogens (tertiary/aromatic N) is 5. The standard InChI is InChI=1S/C26H35N7O5/c1-25(2,3)38-24(35)32(6)20-14-19(30-18-8-7-12-28-23(18)37-16-9-10-16)31-21-17(15-29-33(20)21)22(34)27-13-11-26(4,5)36/h7-8,12,14-16,36H,9-11,13H2,1-6H3,(H,27,34)(H,30,31). The molecule has 3 N–H and O–H groups in total. The number of carbonyl (C=O) groups is 2. The van der Waals surface area contributed by atoms with Gasteiger partial charge in [-0.05, 0) is 66.0 Å². The number of anilines is 3. The first kappa shape index (κ1) is 27.1. The third-order valence-electron chi connectivity index (χ3n) is 5.57. The molecule has 3 aromatic rings.